The van der Waals surface area contributed by atoms with E-state index >= 15 is 0 Å². The van der Waals surface area contributed by atoms with Crippen molar-refractivity contribution in [2.45, 2.75) is 58.9 Å². The summed E-state index contributed by atoms with van der Waals surface area (Å²) in [4.78, 5) is 17.1. The molecule has 0 saturated carbocycles. The number of rotatable bonds is 14. The van der Waals surface area contributed by atoms with Crippen LogP contribution >= 0.6 is 0 Å². The van der Waals surface area contributed by atoms with Crippen LogP contribution in [0.5, 0.6) is 5.75 Å². The zero-order chi connectivity index (χ0) is 23.5. The number of amides is 1. The molecule has 3 rings (SSSR count). The summed E-state index contributed by atoms with van der Waals surface area (Å²) in [6.45, 7) is 10.1. The number of hydrogen-bond donors (Lipinski definition) is 1. The lowest BCUT2D eigenvalue weighted by Crippen LogP contribution is -2.31. The predicted molar refractivity (Wildman–Crippen MR) is 136 cm³/mol. The van der Waals surface area contributed by atoms with Gasteiger partial charge in [-0.25, -0.2) is 4.98 Å². The number of fused-ring (bicyclic) bond motifs is 1. The molecule has 0 unspecified atom stereocenters. The maximum atomic E-state index is 12.2. The first-order valence-electron chi connectivity index (χ1n) is 12.2. The minimum Gasteiger partial charge on any atom is -0.493 e. The second kappa shape index (κ2) is 12.8. The van der Waals surface area contributed by atoms with E-state index in [4.69, 9.17) is 9.72 Å². The third-order valence-electron chi connectivity index (χ3n) is 6.09. The summed E-state index contributed by atoms with van der Waals surface area (Å²) in [5.41, 5.74) is 3.34. The molecular formula is C28H37N3O2. The summed E-state index contributed by atoms with van der Waals surface area (Å²) >= 11 is 0. The third-order valence-corrected chi connectivity index (χ3v) is 6.09. The van der Waals surface area contributed by atoms with E-state index in [-0.39, 0.29) is 11.8 Å². The molecule has 176 valence electrons. The molecule has 1 N–H and O–H groups in total. The number of benzene rings is 2. The molecule has 0 atom stereocenters. The van der Waals surface area contributed by atoms with Crippen LogP contribution in [0.1, 0.15) is 50.9 Å². The van der Waals surface area contributed by atoms with Gasteiger partial charge in [-0.2, -0.15) is 0 Å². The minimum atomic E-state index is 0.117. The molecule has 0 bridgehead atoms. The Morgan fingerprint density at radius 3 is 2.67 bits per heavy atom. The molecule has 5 nitrogen and oxygen atoms in total. The van der Waals surface area contributed by atoms with Crippen molar-refractivity contribution in [1.82, 2.24) is 14.9 Å². The number of aryl methyl sites for hydroxylation is 2. The smallest absolute Gasteiger partial charge is 0.223 e. The van der Waals surface area contributed by atoms with Gasteiger partial charge in [-0.15, -0.1) is 6.58 Å². The fourth-order valence-corrected chi connectivity index (χ4v) is 4.20. The molecule has 5 heteroatoms. The molecule has 2 aromatic carbocycles. The van der Waals surface area contributed by atoms with Crippen LogP contribution in [0.2, 0.25) is 0 Å². The highest BCUT2D eigenvalue weighted by Crippen LogP contribution is 2.20. The molecule has 0 saturated heterocycles. The van der Waals surface area contributed by atoms with Crippen LogP contribution in [0, 0.1) is 5.92 Å². The van der Waals surface area contributed by atoms with Gasteiger partial charge in [0.15, 0.2) is 0 Å². The van der Waals surface area contributed by atoms with Crippen LogP contribution in [-0.4, -0.2) is 28.6 Å². The topological polar surface area (TPSA) is 56.1 Å². The van der Waals surface area contributed by atoms with Gasteiger partial charge in [0.25, 0.3) is 0 Å². The van der Waals surface area contributed by atoms with Crippen molar-refractivity contribution in [3.8, 4) is 5.75 Å². The van der Waals surface area contributed by atoms with Crippen molar-refractivity contribution < 1.29 is 9.53 Å². The Balaban J connectivity index is 1.57. The summed E-state index contributed by atoms with van der Waals surface area (Å²) in [7, 11) is 0. The van der Waals surface area contributed by atoms with Gasteiger partial charge < -0.3 is 14.6 Å². The second-order valence-corrected chi connectivity index (χ2v) is 8.38. The van der Waals surface area contributed by atoms with Gasteiger partial charge in [-0.1, -0.05) is 50.3 Å². The van der Waals surface area contributed by atoms with Crippen molar-refractivity contribution in [3.63, 3.8) is 0 Å². The highest BCUT2D eigenvalue weighted by atomic mass is 16.5. The molecular weight excluding hydrogens is 410 g/mol. The number of imidazole rings is 1. The maximum Gasteiger partial charge on any atom is 0.223 e. The van der Waals surface area contributed by atoms with Gasteiger partial charge in [0, 0.05) is 25.4 Å². The lowest BCUT2D eigenvalue weighted by Gasteiger charge is -2.14. The summed E-state index contributed by atoms with van der Waals surface area (Å²) in [5.74, 6) is 2.29. The summed E-state index contributed by atoms with van der Waals surface area (Å²) in [5, 5.41) is 3.09. The van der Waals surface area contributed by atoms with Crippen LogP contribution in [0.15, 0.2) is 61.2 Å². The lowest BCUT2D eigenvalue weighted by molar-refractivity contribution is -0.125. The Kier molecular flexibility index (Phi) is 9.55. The monoisotopic (exact) mass is 447 g/mol. The molecule has 0 spiro atoms. The number of hydrogen-bond acceptors (Lipinski definition) is 3. The molecule has 0 radical (unpaired) electrons. The van der Waals surface area contributed by atoms with E-state index in [2.05, 4.69) is 54.6 Å². The van der Waals surface area contributed by atoms with Crippen LogP contribution in [-0.2, 0) is 24.2 Å². The largest absolute Gasteiger partial charge is 0.493 e. The maximum absolute atomic E-state index is 12.2. The molecule has 3 aromatic rings. The zero-order valence-electron chi connectivity index (χ0n) is 20.1. The van der Waals surface area contributed by atoms with Gasteiger partial charge in [-0.05, 0) is 55.9 Å². The third kappa shape index (κ3) is 6.70. The second-order valence-electron chi connectivity index (χ2n) is 8.38. The van der Waals surface area contributed by atoms with E-state index in [0.29, 0.717) is 13.2 Å². The van der Waals surface area contributed by atoms with E-state index in [1.54, 1.807) is 0 Å². The van der Waals surface area contributed by atoms with Gasteiger partial charge in [-0.3, -0.25) is 4.79 Å². The fourth-order valence-electron chi connectivity index (χ4n) is 4.20. The van der Waals surface area contributed by atoms with Crippen molar-refractivity contribution in [2.24, 2.45) is 5.92 Å². The Hall–Kier alpha value is -3.08. The van der Waals surface area contributed by atoms with E-state index in [9.17, 15) is 4.79 Å². The number of nitrogens with zero attached hydrogens (tertiary/aromatic N) is 2. The Morgan fingerprint density at radius 2 is 1.88 bits per heavy atom. The number of carbonyl (C=O) groups excluding carboxylic acids is 1. The Labute approximate surface area is 197 Å². The number of aromatic nitrogens is 2. The molecule has 1 heterocycles. The van der Waals surface area contributed by atoms with E-state index in [1.165, 1.54) is 0 Å². The standard InChI is InChI=1S/C28H37N3O2/c1-4-13-23-14-7-10-17-26(23)33-21-12-20-31-25-16-9-8-15-24(25)30-27(31)18-11-19-29-28(32)22(5-2)6-3/h4,7-10,14-17,22H,1,5-6,11-13,18-21H2,2-3H3,(H,29,32). The van der Waals surface area contributed by atoms with E-state index in [0.717, 1.165) is 73.2 Å². The van der Waals surface area contributed by atoms with E-state index < -0.39 is 0 Å². The molecule has 1 aromatic heterocycles. The number of allylic oxidation sites excluding steroid dienone is 1. The molecule has 0 aliphatic rings. The van der Waals surface area contributed by atoms with Gasteiger partial charge >= 0.3 is 0 Å². The minimum absolute atomic E-state index is 0.117. The fraction of sp³-hybridized carbons (Fsp3) is 0.429. The quantitative estimate of drug-likeness (QED) is 0.254. The highest BCUT2D eigenvalue weighted by Gasteiger charge is 2.14. The zero-order valence-corrected chi connectivity index (χ0v) is 20.1. The van der Waals surface area contributed by atoms with Crippen molar-refractivity contribution in [1.29, 1.82) is 0 Å². The molecule has 33 heavy (non-hydrogen) atoms. The first-order chi connectivity index (χ1) is 16.2. The first-order valence-corrected chi connectivity index (χ1v) is 12.2. The van der Waals surface area contributed by atoms with Crippen LogP contribution in [0.25, 0.3) is 11.0 Å². The first kappa shape index (κ1) is 24.6. The van der Waals surface area contributed by atoms with Gasteiger partial charge in [0.2, 0.25) is 5.91 Å². The van der Waals surface area contributed by atoms with Gasteiger partial charge in [0.05, 0.1) is 17.6 Å². The molecule has 1 amide bonds. The number of carbonyl (C=O) groups is 1. The summed E-state index contributed by atoms with van der Waals surface area (Å²) in [6.07, 6.45) is 7.08. The highest BCUT2D eigenvalue weighted by molar-refractivity contribution is 5.78. The Morgan fingerprint density at radius 1 is 1.12 bits per heavy atom. The molecule has 0 aliphatic carbocycles. The lowest BCUT2D eigenvalue weighted by atomic mass is 10.0. The van der Waals surface area contributed by atoms with E-state index in [1.807, 2.05) is 30.3 Å². The molecule has 0 fully saturated rings. The number of nitrogens with one attached hydrogen (secondary N) is 1. The van der Waals surface area contributed by atoms with Crippen molar-refractivity contribution in [3.05, 3.63) is 72.6 Å². The summed E-state index contributed by atoms with van der Waals surface area (Å²) < 4.78 is 8.38. The SMILES string of the molecule is C=CCc1ccccc1OCCCn1c(CCCNC(=O)C(CC)CC)nc2ccccc21. The summed E-state index contributed by atoms with van der Waals surface area (Å²) in [6, 6.07) is 16.4. The average molecular weight is 448 g/mol. The predicted octanol–water partition coefficient (Wildman–Crippen LogP) is 5.72. The van der Waals surface area contributed by atoms with Crippen molar-refractivity contribution >= 4 is 16.9 Å². The number of ether oxygens (including phenoxy) is 1. The number of para-hydroxylation sites is 3. The van der Waals surface area contributed by atoms with Crippen LogP contribution in [0.3, 0.4) is 0 Å². The molecule has 0 aliphatic heterocycles. The van der Waals surface area contributed by atoms with Crippen LogP contribution in [0.4, 0.5) is 0 Å². The van der Waals surface area contributed by atoms with Gasteiger partial charge in [0.1, 0.15) is 11.6 Å². The van der Waals surface area contributed by atoms with Crippen molar-refractivity contribution in [2.75, 3.05) is 13.2 Å². The van der Waals surface area contributed by atoms with Crippen LogP contribution < -0.4 is 10.1 Å². The average Bonchev–Trinajstić information content (AvgIpc) is 3.19. The normalized spacial score (nSPS) is 11.1. The Bertz CT molecular complexity index is 1040.